The third-order valence-corrected chi connectivity index (χ3v) is 10.8. The van der Waals surface area contributed by atoms with Crippen LogP contribution >= 0.6 is 23.2 Å². The van der Waals surface area contributed by atoms with Crippen LogP contribution in [0, 0.1) is 5.92 Å². The Kier molecular flexibility index (Phi) is 8.24. The van der Waals surface area contributed by atoms with Crippen LogP contribution in [0.15, 0.2) is 96.9 Å². The number of nitrogens with zero attached hydrogens (tertiary/aromatic N) is 7. The summed E-state index contributed by atoms with van der Waals surface area (Å²) < 4.78 is 30.9. The van der Waals surface area contributed by atoms with Crippen molar-refractivity contribution in [1.29, 1.82) is 0 Å². The second-order valence-corrected chi connectivity index (χ2v) is 14.6. The normalized spacial score (nSPS) is 18.1. The quantitative estimate of drug-likeness (QED) is 0.235. The van der Waals surface area contributed by atoms with Crippen LogP contribution in [0.2, 0.25) is 10.0 Å². The first-order valence-electron chi connectivity index (χ1n) is 14.9. The summed E-state index contributed by atoms with van der Waals surface area (Å²) >= 11 is 12.6. The van der Waals surface area contributed by atoms with Gasteiger partial charge in [-0.3, -0.25) is 19.1 Å². The first kappa shape index (κ1) is 31.9. The van der Waals surface area contributed by atoms with Crippen LogP contribution in [0.4, 0.5) is 11.6 Å². The lowest BCUT2D eigenvalue weighted by Gasteiger charge is -2.37. The molecule has 7 rings (SSSR count). The van der Waals surface area contributed by atoms with Gasteiger partial charge >= 0.3 is 0 Å². The van der Waals surface area contributed by atoms with Crippen LogP contribution < -0.4 is 10.2 Å². The molecule has 12 nitrogen and oxygen atoms in total. The van der Waals surface area contributed by atoms with Gasteiger partial charge in [-0.05, 0) is 47.9 Å². The summed E-state index contributed by atoms with van der Waals surface area (Å²) in [7, 11) is -4.17. The SMILES string of the molecule is C[C@@]1(Cc2ccc(-c3cncnc3)cc2)C(=O)N(c2cc(Cl)cc(Cl)c2)c2ncc(S(=O)(=O)N3CC(C(=O)NCc4cccnc4)C3)n21. The zero-order valence-corrected chi connectivity index (χ0v) is 27.8. The van der Waals surface area contributed by atoms with E-state index in [4.69, 9.17) is 23.2 Å². The number of sulfonamides is 1. The van der Waals surface area contributed by atoms with Gasteiger partial charge in [0.15, 0.2) is 5.03 Å². The van der Waals surface area contributed by atoms with E-state index in [1.165, 1.54) is 26.3 Å². The minimum absolute atomic E-state index is 0.00927. The predicted octanol–water partition coefficient (Wildman–Crippen LogP) is 4.62. The lowest BCUT2D eigenvalue weighted by Crippen LogP contribution is -2.56. The van der Waals surface area contributed by atoms with Crippen molar-refractivity contribution in [1.82, 2.24) is 34.1 Å². The number of anilines is 2. The Bertz CT molecular complexity index is 2110. The molecule has 2 aliphatic rings. The van der Waals surface area contributed by atoms with Gasteiger partial charge < -0.3 is 5.32 Å². The molecule has 1 saturated heterocycles. The number of carbonyl (C=O) groups excluding carboxylic acids is 2. The summed E-state index contributed by atoms with van der Waals surface area (Å²) in [5.41, 5.74) is 2.29. The van der Waals surface area contributed by atoms with E-state index >= 15 is 0 Å². The Morgan fingerprint density at radius 3 is 2.31 bits per heavy atom. The fourth-order valence-corrected chi connectivity index (χ4v) is 8.27. The van der Waals surface area contributed by atoms with Crippen molar-refractivity contribution in [2.45, 2.75) is 30.5 Å². The Hall–Kier alpha value is -4.69. The van der Waals surface area contributed by atoms with Crippen LogP contribution in [0.3, 0.4) is 0 Å². The zero-order chi connectivity index (χ0) is 33.6. The number of pyridine rings is 1. The van der Waals surface area contributed by atoms with Gasteiger partial charge in [0.05, 0.1) is 17.8 Å². The molecule has 2 aromatic carbocycles. The second kappa shape index (κ2) is 12.4. The minimum Gasteiger partial charge on any atom is -0.352 e. The number of hydrogen-bond acceptors (Lipinski definition) is 8. The number of fused-ring (bicyclic) bond motifs is 1. The van der Waals surface area contributed by atoms with E-state index < -0.39 is 27.4 Å². The molecule has 0 aliphatic carbocycles. The molecule has 0 radical (unpaired) electrons. The molecule has 0 bridgehead atoms. The van der Waals surface area contributed by atoms with Gasteiger partial charge in [-0.2, -0.15) is 4.31 Å². The summed E-state index contributed by atoms with van der Waals surface area (Å²) in [6.07, 6.45) is 9.57. The molecular weight excluding hydrogens is 675 g/mol. The third-order valence-electron chi connectivity index (χ3n) is 8.58. The van der Waals surface area contributed by atoms with Gasteiger partial charge in [0.2, 0.25) is 11.9 Å². The van der Waals surface area contributed by atoms with Crippen LogP contribution in [-0.2, 0) is 38.1 Å². The molecule has 2 amide bonds. The number of hydrogen-bond donors (Lipinski definition) is 1. The van der Waals surface area contributed by atoms with Crippen LogP contribution in [0.25, 0.3) is 11.1 Å². The average molecular weight is 704 g/mol. The number of carbonyl (C=O) groups is 2. The third kappa shape index (κ3) is 5.72. The zero-order valence-electron chi connectivity index (χ0n) is 25.5. The lowest BCUT2D eigenvalue weighted by atomic mass is 9.91. The molecule has 5 heterocycles. The molecule has 0 spiro atoms. The van der Waals surface area contributed by atoms with Crippen molar-refractivity contribution >= 4 is 56.7 Å². The number of halogens is 2. The standard InChI is InChI=1S/C33H28Cl2N8O4S/c1-33(12-21-4-6-23(7-5-21)24-15-37-20-38-16-24)31(45)42(28-10-26(34)9-27(35)11-28)32-40-17-29(43(32)33)48(46,47)41-18-25(19-41)30(44)39-14-22-3-2-8-36-13-22/h2-11,13,15-17,20,25H,12,14,18-19H2,1H3,(H,39,44)/t33-/m1/s1. The van der Waals surface area contributed by atoms with E-state index in [9.17, 15) is 18.0 Å². The Labute approximate surface area is 286 Å². The van der Waals surface area contributed by atoms with Gasteiger partial charge in [0.1, 0.15) is 11.9 Å². The molecule has 2 aliphatic heterocycles. The van der Waals surface area contributed by atoms with Crippen molar-refractivity contribution in [3.05, 3.63) is 113 Å². The van der Waals surface area contributed by atoms with E-state index in [-0.39, 0.29) is 42.9 Å². The molecule has 15 heteroatoms. The number of aromatic nitrogens is 5. The topological polar surface area (TPSA) is 143 Å². The molecule has 1 atom stereocenters. The highest BCUT2D eigenvalue weighted by atomic mass is 35.5. The maximum Gasteiger partial charge on any atom is 0.260 e. The van der Waals surface area contributed by atoms with Crippen LogP contribution in [0.5, 0.6) is 0 Å². The number of imidazole rings is 1. The molecule has 0 saturated carbocycles. The Morgan fingerprint density at radius 2 is 1.65 bits per heavy atom. The number of nitrogens with one attached hydrogen (secondary N) is 1. The van der Waals surface area contributed by atoms with E-state index in [1.807, 2.05) is 30.3 Å². The van der Waals surface area contributed by atoms with Gasteiger partial charge in [0, 0.05) is 66.5 Å². The monoisotopic (exact) mass is 702 g/mol. The summed E-state index contributed by atoms with van der Waals surface area (Å²) in [6, 6.07) is 15.9. The van der Waals surface area contributed by atoms with Crippen molar-refractivity contribution in [3.8, 4) is 11.1 Å². The highest BCUT2D eigenvalue weighted by Crippen LogP contribution is 2.45. The Balaban J connectivity index is 1.19. The van der Waals surface area contributed by atoms with Gasteiger partial charge in [-0.25, -0.2) is 28.3 Å². The summed E-state index contributed by atoms with van der Waals surface area (Å²) in [4.78, 5) is 45.2. The minimum atomic E-state index is -4.17. The average Bonchev–Trinajstić information content (AvgIpc) is 3.58. The first-order chi connectivity index (χ1) is 23.0. The van der Waals surface area contributed by atoms with Gasteiger partial charge in [-0.1, -0.05) is 53.5 Å². The number of amides is 2. The van der Waals surface area contributed by atoms with E-state index in [0.29, 0.717) is 15.7 Å². The fraction of sp³-hybridized carbons (Fsp3) is 0.212. The molecular formula is C33H28Cl2N8O4S. The molecule has 0 unspecified atom stereocenters. The van der Waals surface area contributed by atoms with E-state index in [1.54, 1.807) is 56.0 Å². The second-order valence-electron chi connectivity index (χ2n) is 11.9. The maximum atomic E-state index is 14.4. The van der Waals surface area contributed by atoms with Crippen molar-refractivity contribution in [3.63, 3.8) is 0 Å². The summed E-state index contributed by atoms with van der Waals surface area (Å²) in [5.74, 6) is -1.07. The van der Waals surface area contributed by atoms with E-state index in [2.05, 4.69) is 25.3 Å². The molecule has 48 heavy (non-hydrogen) atoms. The first-order valence-corrected chi connectivity index (χ1v) is 17.1. The lowest BCUT2D eigenvalue weighted by molar-refractivity contribution is -0.128. The Morgan fingerprint density at radius 1 is 0.938 bits per heavy atom. The molecule has 5 aromatic rings. The molecule has 1 fully saturated rings. The smallest absolute Gasteiger partial charge is 0.260 e. The summed E-state index contributed by atoms with van der Waals surface area (Å²) in [5, 5.41) is 3.30. The number of benzene rings is 2. The van der Waals surface area contributed by atoms with E-state index in [0.717, 1.165) is 22.3 Å². The molecule has 1 N–H and O–H groups in total. The van der Waals surface area contributed by atoms with Gasteiger partial charge in [-0.15, -0.1) is 0 Å². The van der Waals surface area contributed by atoms with Crippen molar-refractivity contribution in [2.75, 3.05) is 18.0 Å². The van der Waals surface area contributed by atoms with Crippen LogP contribution in [-0.4, -0.2) is 62.1 Å². The van der Waals surface area contributed by atoms with Crippen molar-refractivity contribution in [2.24, 2.45) is 5.92 Å². The van der Waals surface area contributed by atoms with Crippen LogP contribution in [0.1, 0.15) is 18.1 Å². The maximum absolute atomic E-state index is 14.4. The highest BCUT2D eigenvalue weighted by molar-refractivity contribution is 7.89. The molecule has 244 valence electrons. The summed E-state index contributed by atoms with van der Waals surface area (Å²) in [6.45, 7) is 1.96. The largest absolute Gasteiger partial charge is 0.352 e. The highest BCUT2D eigenvalue weighted by Gasteiger charge is 2.53. The predicted molar refractivity (Wildman–Crippen MR) is 179 cm³/mol. The fourth-order valence-electron chi connectivity index (χ4n) is 6.04. The van der Waals surface area contributed by atoms with Gasteiger partial charge in [0.25, 0.3) is 15.9 Å². The molecule has 3 aromatic heterocycles. The van der Waals surface area contributed by atoms with Crippen molar-refractivity contribution < 1.29 is 18.0 Å². The number of rotatable bonds is 9.